The van der Waals surface area contributed by atoms with Crippen LogP contribution in [0.2, 0.25) is 4.34 Å². The fraction of sp³-hybridized carbons (Fsp3) is 0.182. The summed E-state index contributed by atoms with van der Waals surface area (Å²) in [5.41, 5.74) is 1.45. The molecule has 1 N–H and O–H groups in total. The molecule has 0 spiro atoms. The van der Waals surface area contributed by atoms with Crippen molar-refractivity contribution in [3.8, 4) is 0 Å². The Morgan fingerprint density at radius 2 is 2.05 bits per heavy atom. The van der Waals surface area contributed by atoms with Gasteiger partial charge in [0.25, 0.3) is 10.0 Å². The summed E-state index contributed by atoms with van der Waals surface area (Å²) in [4.78, 5) is 4.15. The van der Waals surface area contributed by atoms with Crippen LogP contribution < -0.4 is 4.72 Å². The number of sulfonamides is 1. The SMILES string of the molecule is Cc1cc(S(=O)(=O)Nc2ccc(Br)c(C)n2)sc1Cl. The van der Waals surface area contributed by atoms with Crippen LogP contribution in [0.15, 0.2) is 26.9 Å². The quantitative estimate of drug-likeness (QED) is 0.875. The van der Waals surface area contributed by atoms with Crippen LogP contribution in [0.4, 0.5) is 5.82 Å². The number of pyridine rings is 1. The number of aryl methyl sites for hydroxylation is 2. The highest BCUT2D eigenvalue weighted by atomic mass is 79.9. The van der Waals surface area contributed by atoms with Crippen LogP contribution in [-0.2, 0) is 10.0 Å². The minimum absolute atomic E-state index is 0.178. The first-order valence-corrected chi connectivity index (χ1v) is 8.68. The Morgan fingerprint density at radius 3 is 2.58 bits per heavy atom. The molecule has 0 atom stereocenters. The minimum Gasteiger partial charge on any atom is -0.263 e. The number of hydrogen-bond donors (Lipinski definition) is 1. The summed E-state index contributed by atoms with van der Waals surface area (Å²) in [6.45, 7) is 3.55. The van der Waals surface area contributed by atoms with E-state index in [9.17, 15) is 8.42 Å². The number of anilines is 1. The largest absolute Gasteiger partial charge is 0.272 e. The molecule has 0 saturated carbocycles. The van der Waals surface area contributed by atoms with Gasteiger partial charge in [0.05, 0.1) is 10.0 Å². The Hall–Kier alpha value is -0.630. The van der Waals surface area contributed by atoms with Crippen LogP contribution >= 0.6 is 38.9 Å². The van der Waals surface area contributed by atoms with Gasteiger partial charge < -0.3 is 0 Å². The number of thiophene rings is 1. The second kappa shape index (κ2) is 5.40. The fourth-order valence-corrected chi connectivity index (χ4v) is 4.28. The maximum atomic E-state index is 12.2. The highest BCUT2D eigenvalue weighted by Crippen LogP contribution is 2.31. The highest BCUT2D eigenvalue weighted by Gasteiger charge is 2.19. The van der Waals surface area contributed by atoms with E-state index in [2.05, 4.69) is 25.6 Å². The van der Waals surface area contributed by atoms with Crippen molar-refractivity contribution in [3.05, 3.63) is 38.3 Å². The first-order valence-electron chi connectivity index (χ1n) is 5.21. The first-order chi connectivity index (χ1) is 8.79. The molecule has 2 aromatic heterocycles. The van der Waals surface area contributed by atoms with Crippen molar-refractivity contribution < 1.29 is 8.42 Å². The summed E-state index contributed by atoms with van der Waals surface area (Å²) in [5, 5.41) is 0. The van der Waals surface area contributed by atoms with Crippen LogP contribution in [0.1, 0.15) is 11.3 Å². The van der Waals surface area contributed by atoms with E-state index in [4.69, 9.17) is 11.6 Å². The molecule has 2 aromatic rings. The molecule has 2 heterocycles. The number of hydrogen-bond acceptors (Lipinski definition) is 4. The van der Waals surface area contributed by atoms with Gasteiger partial charge in [-0.3, -0.25) is 4.72 Å². The van der Waals surface area contributed by atoms with Crippen molar-refractivity contribution in [1.82, 2.24) is 4.98 Å². The summed E-state index contributed by atoms with van der Waals surface area (Å²) in [6.07, 6.45) is 0. The van der Waals surface area contributed by atoms with E-state index in [0.29, 0.717) is 10.0 Å². The molecular formula is C11H10BrClN2O2S2. The van der Waals surface area contributed by atoms with Gasteiger partial charge in [-0.15, -0.1) is 11.3 Å². The number of halogens is 2. The molecule has 2 rings (SSSR count). The molecule has 19 heavy (non-hydrogen) atoms. The summed E-state index contributed by atoms with van der Waals surface area (Å²) < 4.78 is 28.2. The topological polar surface area (TPSA) is 59.1 Å². The first kappa shape index (κ1) is 14.8. The third-order valence-electron chi connectivity index (χ3n) is 2.36. The predicted molar refractivity (Wildman–Crippen MR) is 81.5 cm³/mol. The van der Waals surface area contributed by atoms with Crippen LogP contribution in [0.5, 0.6) is 0 Å². The third kappa shape index (κ3) is 3.28. The maximum absolute atomic E-state index is 12.2. The van der Waals surface area contributed by atoms with E-state index < -0.39 is 10.0 Å². The third-order valence-corrected chi connectivity index (χ3v) is 6.58. The monoisotopic (exact) mass is 380 g/mol. The zero-order chi connectivity index (χ0) is 14.2. The molecule has 0 amide bonds. The van der Waals surface area contributed by atoms with Crippen LogP contribution in [0, 0.1) is 13.8 Å². The summed E-state index contributed by atoms with van der Waals surface area (Å²) in [7, 11) is -3.64. The van der Waals surface area contributed by atoms with Crippen LogP contribution in [0.3, 0.4) is 0 Å². The molecule has 4 nitrogen and oxygen atoms in total. The summed E-state index contributed by atoms with van der Waals surface area (Å²) >= 11 is 10.2. The lowest BCUT2D eigenvalue weighted by Crippen LogP contribution is -2.12. The molecule has 0 aliphatic rings. The molecule has 0 aliphatic carbocycles. The van der Waals surface area contributed by atoms with E-state index in [1.165, 1.54) is 0 Å². The van der Waals surface area contributed by atoms with Gasteiger partial charge >= 0.3 is 0 Å². The molecule has 0 aromatic carbocycles. The van der Waals surface area contributed by atoms with Gasteiger partial charge in [0.2, 0.25) is 0 Å². The molecule has 0 unspecified atom stereocenters. The van der Waals surface area contributed by atoms with E-state index in [1.807, 2.05) is 0 Å². The van der Waals surface area contributed by atoms with E-state index in [-0.39, 0.29) is 10.0 Å². The van der Waals surface area contributed by atoms with Crippen molar-refractivity contribution >= 4 is 54.7 Å². The molecule has 0 aliphatic heterocycles. The lowest BCUT2D eigenvalue weighted by atomic mass is 10.4. The van der Waals surface area contributed by atoms with Crippen LogP contribution in [-0.4, -0.2) is 13.4 Å². The number of aromatic nitrogens is 1. The Kier molecular flexibility index (Phi) is 4.20. The van der Waals surface area contributed by atoms with Crippen molar-refractivity contribution in [2.75, 3.05) is 4.72 Å². The van der Waals surface area contributed by atoms with Gasteiger partial charge in [-0.25, -0.2) is 13.4 Å². The number of nitrogens with one attached hydrogen (secondary N) is 1. The fourth-order valence-electron chi connectivity index (χ4n) is 1.35. The lowest BCUT2D eigenvalue weighted by Gasteiger charge is -2.06. The van der Waals surface area contributed by atoms with Crippen molar-refractivity contribution in [2.45, 2.75) is 18.1 Å². The van der Waals surface area contributed by atoms with E-state index >= 15 is 0 Å². The molecule has 102 valence electrons. The number of rotatable bonds is 3. The molecular weight excluding hydrogens is 372 g/mol. The predicted octanol–water partition coefficient (Wildman–Crippen LogP) is 3.98. The summed E-state index contributed by atoms with van der Waals surface area (Å²) in [6, 6.07) is 4.88. The van der Waals surface area contributed by atoms with Crippen molar-refractivity contribution in [3.63, 3.8) is 0 Å². The second-order valence-electron chi connectivity index (χ2n) is 3.89. The van der Waals surface area contributed by atoms with Gasteiger partial charge in [-0.2, -0.15) is 0 Å². The Morgan fingerprint density at radius 1 is 1.37 bits per heavy atom. The highest BCUT2D eigenvalue weighted by molar-refractivity contribution is 9.10. The molecule has 0 fully saturated rings. The Bertz CT molecular complexity index is 709. The zero-order valence-electron chi connectivity index (χ0n) is 10.1. The Labute approximate surface area is 129 Å². The smallest absolute Gasteiger partial charge is 0.263 e. The molecule has 0 bridgehead atoms. The molecule has 0 saturated heterocycles. The van der Waals surface area contributed by atoms with Gasteiger partial charge in [-0.05, 0) is 53.5 Å². The molecule has 0 radical (unpaired) electrons. The standard InChI is InChI=1S/C11H10BrClN2O2S2/c1-6-5-10(18-11(6)13)19(16,17)15-9-4-3-8(12)7(2)14-9/h3-5H,1-2H3,(H,14,15). The minimum atomic E-state index is -3.64. The Balaban J connectivity index is 2.33. The van der Waals surface area contributed by atoms with Gasteiger partial charge in [0.15, 0.2) is 0 Å². The van der Waals surface area contributed by atoms with Crippen molar-refractivity contribution in [2.24, 2.45) is 0 Å². The maximum Gasteiger partial charge on any atom is 0.272 e. The van der Waals surface area contributed by atoms with Crippen LogP contribution in [0.25, 0.3) is 0 Å². The molecule has 8 heteroatoms. The average Bonchev–Trinajstić information content (AvgIpc) is 2.65. The second-order valence-corrected chi connectivity index (χ2v) is 8.31. The normalized spacial score (nSPS) is 11.6. The summed E-state index contributed by atoms with van der Waals surface area (Å²) in [5.74, 6) is 0.280. The number of nitrogens with zero attached hydrogens (tertiary/aromatic N) is 1. The van der Waals surface area contributed by atoms with Gasteiger partial charge in [-0.1, -0.05) is 11.6 Å². The van der Waals surface area contributed by atoms with Gasteiger partial charge in [0, 0.05) is 4.47 Å². The zero-order valence-corrected chi connectivity index (χ0v) is 14.0. The van der Waals surface area contributed by atoms with Crippen molar-refractivity contribution in [1.29, 1.82) is 0 Å². The lowest BCUT2D eigenvalue weighted by molar-refractivity contribution is 0.603. The van der Waals surface area contributed by atoms with Gasteiger partial charge in [0.1, 0.15) is 10.0 Å². The average molecular weight is 382 g/mol. The van der Waals surface area contributed by atoms with E-state index in [0.717, 1.165) is 21.4 Å². The van der Waals surface area contributed by atoms with E-state index in [1.54, 1.807) is 32.0 Å².